The SMILES string of the molecule is C(=C\c1nnc(-c2ccccc2)o1)/c1ccccc1. The zero-order valence-electron chi connectivity index (χ0n) is 10.2. The van der Waals surface area contributed by atoms with Gasteiger partial charge in [-0.1, -0.05) is 48.5 Å². The van der Waals surface area contributed by atoms with Crippen LogP contribution in [0.15, 0.2) is 65.1 Å². The molecule has 0 aliphatic heterocycles. The average Bonchev–Trinajstić information content (AvgIpc) is 2.96. The Morgan fingerprint density at radius 2 is 1.42 bits per heavy atom. The Morgan fingerprint density at radius 1 is 0.737 bits per heavy atom. The van der Waals surface area contributed by atoms with Crippen LogP contribution in [0.2, 0.25) is 0 Å². The highest BCUT2D eigenvalue weighted by Crippen LogP contribution is 2.17. The molecule has 0 fully saturated rings. The highest BCUT2D eigenvalue weighted by molar-refractivity contribution is 5.66. The van der Waals surface area contributed by atoms with Crippen LogP contribution in [0.4, 0.5) is 0 Å². The van der Waals surface area contributed by atoms with Crippen molar-refractivity contribution in [2.24, 2.45) is 0 Å². The summed E-state index contributed by atoms with van der Waals surface area (Å²) in [5.41, 5.74) is 2.02. The summed E-state index contributed by atoms with van der Waals surface area (Å²) in [6.45, 7) is 0. The maximum atomic E-state index is 5.58. The Labute approximate surface area is 111 Å². The number of hydrogen-bond acceptors (Lipinski definition) is 3. The second-order valence-corrected chi connectivity index (χ2v) is 4.06. The van der Waals surface area contributed by atoms with E-state index in [9.17, 15) is 0 Å². The van der Waals surface area contributed by atoms with Gasteiger partial charge in [0.2, 0.25) is 11.8 Å². The van der Waals surface area contributed by atoms with Gasteiger partial charge in [0, 0.05) is 11.6 Å². The van der Waals surface area contributed by atoms with Crippen molar-refractivity contribution in [2.45, 2.75) is 0 Å². The molecule has 0 unspecified atom stereocenters. The second-order valence-electron chi connectivity index (χ2n) is 4.06. The van der Waals surface area contributed by atoms with Gasteiger partial charge >= 0.3 is 0 Å². The summed E-state index contributed by atoms with van der Waals surface area (Å²) in [6, 6.07) is 19.7. The molecule has 19 heavy (non-hydrogen) atoms. The molecule has 2 aromatic carbocycles. The van der Waals surface area contributed by atoms with Crippen molar-refractivity contribution >= 4 is 12.2 Å². The monoisotopic (exact) mass is 248 g/mol. The van der Waals surface area contributed by atoms with E-state index in [0.717, 1.165) is 11.1 Å². The van der Waals surface area contributed by atoms with Crippen LogP contribution in [0.1, 0.15) is 11.5 Å². The molecular formula is C16H12N2O. The fourth-order valence-corrected chi connectivity index (χ4v) is 1.73. The molecule has 0 aliphatic rings. The molecule has 0 atom stereocenters. The molecule has 0 radical (unpaired) electrons. The number of rotatable bonds is 3. The summed E-state index contributed by atoms with van der Waals surface area (Å²) in [5, 5.41) is 8.03. The third kappa shape index (κ3) is 2.77. The highest BCUT2D eigenvalue weighted by atomic mass is 16.4. The van der Waals surface area contributed by atoms with Gasteiger partial charge in [0.15, 0.2) is 0 Å². The highest BCUT2D eigenvalue weighted by Gasteiger charge is 2.05. The Kier molecular flexibility index (Phi) is 3.19. The summed E-state index contributed by atoms with van der Waals surface area (Å²) in [7, 11) is 0. The van der Waals surface area contributed by atoms with Crippen LogP contribution in [0.5, 0.6) is 0 Å². The van der Waals surface area contributed by atoms with Gasteiger partial charge in [-0.25, -0.2) is 0 Å². The molecule has 3 nitrogen and oxygen atoms in total. The van der Waals surface area contributed by atoms with Crippen LogP contribution in [-0.2, 0) is 0 Å². The molecule has 0 aliphatic carbocycles. The molecule has 0 amide bonds. The number of aromatic nitrogens is 2. The van der Waals surface area contributed by atoms with Crippen molar-refractivity contribution in [3.8, 4) is 11.5 Å². The van der Waals surface area contributed by atoms with Crippen molar-refractivity contribution in [1.82, 2.24) is 10.2 Å². The lowest BCUT2D eigenvalue weighted by molar-refractivity contribution is 0.558. The van der Waals surface area contributed by atoms with Crippen LogP contribution in [0.3, 0.4) is 0 Å². The van der Waals surface area contributed by atoms with Crippen LogP contribution in [-0.4, -0.2) is 10.2 Å². The van der Waals surface area contributed by atoms with Gasteiger partial charge in [-0.2, -0.15) is 0 Å². The molecular weight excluding hydrogens is 236 g/mol. The van der Waals surface area contributed by atoms with E-state index in [2.05, 4.69) is 10.2 Å². The summed E-state index contributed by atoms with van der Waals surface area (Å²) in [4.78, 5) is 0. The molecule has 3 aromatic rings. The van der Waals surface area contributed by atoms with Gasteiger partial charge in [0.25, 0.3) is 0 Å². The van der Waals surface area contributed by atoms with Gasteiger partial charge < -0.3 is 4.42 Å². The molecule has 3 rings (SSSR count). The van der Waals surface area contributed by atoms with E-state index in [4.69, 9.17) is 4.42 Å². The third-order valence-electron chi connectivity index (χ3n) is 2.68. The van der Waals surface area contributed by atoms with E-state index < -0.39 is 0 Å². The minimum absolute atomic E-state index is 0.503. The molecule has 0 spiro atoms. The molecule has 1 heterocycles. The zero-order valence-corrected chi connectivity index (χ0v) is 10.2. The number of hydrogen-bond donors (Lipinski definition) is 0. The second kappa shape index (κ2) is 5.31. The number of nitrogens with zero attached hydrogens (tertiary/aromatic N) is 2. The Hall–Kier alpha value is -2.68. The summed E-state index contributed by atoms with van der Waals surface area (Å²) < 4.78 is 5.58. The smallest absolute Gasteiger partial charge is 0.248 e. The van der Waals surface area contributed by atoms with Crippen LogP contribution >= 0.6 is 0 Å². The topological polar surface area (TPSA) is 38.9 Å². The maximum Gasteiger partial charge on any atom is 0.248 e. The fraction of sp³-hybridized carbons (Fsp3) is 0. The first kappa shape index (κ1) is 11.4. The third-order valence-corrected chi connectivity index (χ3v) is 2.68. The largest absolute Gasteiger partial charge is 0.417 e. The molecule has 0 bridgehead atoms. The Morgan fingerprint density at radius 3 is 2.16 bits per heavy atom. The van der Waals surface area contributed by atoms with Gasteiger partial charge in [0.1, 0.15) is 0 Å². The van der Waals surface area contributed by atoms with Crippen LogP contribution in [0, 0.1) is 0 Å². The van der Waals surface area contributed by atoms with Gasteiger partial charge in [-0.15, -0.1) is 10.2 Å². The lowest BCUT2D eigenvalue weighted by Crippen LogP contribution is -1.75. The minimum Gasteiger partial charge on any atom is -0.417 e. The molecule has 0 saturated carbocycles. The van der Waals surface area contributed by atoms with E-state index >= 15 is 0 Å². The van der Waals surface area contributed by atoms with Crippen LogP contribution < -0.4 is 0 Å². The molecule has 92 valence electrons. The Balaban J connectivity index is 1.81. The van der Waals surface area contributed by atoms with Crippen molar-refractivity contribution in [1.29, 1.82) is 0 Å². The molecule has 1 aromatic heterocycles. The standard InChI is InChI=1S/C16H12N2O/c1-3-7-13(8-4-1)11-12-15-17-18-16(19-15)14-9-5-2-6-10-14/h1-12H/b12-11+. The summed E-state index contributed by atoms with van der Waals surface area (Å²) >= 11 is 0. The summed E-state index contributed by atoms with van der Waals surface area (Å²) in [5.74, 6) is 1.04. The first-order valence-corrected chi connectivity index (χ1v) is 6.04. The lowest BCUT2D eigenvalue weighted by Gasteiger charge is -1.91. The van der Waals surface area contributed by atoms with Crippen molar-refractivity contribution < 1.29 is 4.42 Å². The number of benzene rings is 2. The lowest BCUT2D eigenvalue weighted by atomic mass is 10.2. The van der Waals surface area contributed by atoms with E-state index in [-0.39, 0.29) is 0 Å². The molecule has 0 N–H and O–H groups in total. The van der Waals surface area contributed by atoms with E-state index in [0.29, 0.717) is 11.8 Å². The first-order valence-electron chi connectivity index (χ1n) is 6.04. The van der Waals surface area contributed by atoms with Crippen molar-refractivity contribution in [3.63, 3.8) is 0 Å². The normalized spacial score (nSPS) is 10.9. The quantitative estimate of drug-likeness (QED) is 0.705. The van der Waals surface area contributed by atoms with Gasteiger partial charge in [-0.05, 0) is 23.8 Å². The predicted octanol–water partition coefficient (Wildman–Crippen LogP) is 3.91. The molecule has 3 heteroatoms. The van der Waals surface area contributed by atoms with Gasteiger partial charge in [0.05, 0.1) is 0 Å². The average molecular weight is 248 g/mol. The van der Waals surface area contributed by atoms with Crippen LogP contribution in [0.25, 0.3) is 23.6 Å². The van der Waals surface area contributed by atoms with Gasteiger partial charge in [-0.3, -0.25) is 0 Å². The first-order chi connectivity index (χ1) is 9.42. The van der Waals surface area contributed by atoms with Crippen molar-refractivity contribution in [3.05, 3.63) is 72.1 Å². The summed E-state index contributed by atoms with van der Waals surface area (Å²) in [6.07, 6.45) is 3.76. The fourth-order valence-electron chi connectivity index (χ4n) is 1.73. The minimum atomic E-state index is 0.503. The zero-order chi connectivity index (χ0) is 12.9. The van der Waals surface area contributed by atoms with E-state index in [1.54, 1.807) is 0 Å². The van der Waals surface area contributed by atoms with E-state index in [1.807, 2.05) is 72.8 Å². The predicted molar refractivity (Wildman–Crippen MR) is 75.1 cm³/mol. The maximum absolute atomic E-state index is 5.58. The van der Waals surface area contributed by atoms with E-state index in [1.165, 1.54) is 0 Å². The Bertz CT molecular complexity index is 672. The molecule has 0 saturated heterocycles. The van der Waals surface area contributed by atoms with Crippen molar-refractivity contribution in [2.75, 3.05) is 0 Å².